The van der Waals surface area contributed by atoms with Crippen molar-refractivity contribution in [1.29, 1.82) is 0 Å². The van der Waals surface area contributed by atoms with Crippen molar-refractivity contribution < 1.29 is 9.59 Å². The second-order valence-corrected chi connectivity index (χ2v) is 12.9. The Bertz CT molecular complexity index is 1960. The molecule has 2 saturated carbocycles. The van der Waals surface area contributed by atoms with Crippen LogP contribution in [0.2, 0.25) is 5.02 Å². The van der Waals surface area contributed by atoms with Gasteiger partial charge in [0.25, 0.3) is 5.91 Å². The van der Waals surface area contributed by atoms with Crippen LogP contribution in [-0.4, -0.2) is 30.8 Å². The molecule has 2 aromatic carbocycles. The number of carbonyl (C=O) groups is 2. The average molecular weight is 606 g/mol. The van der Waals surface area contributed by atoms with Crippen LogP contribution in [0.15, 0.2) is 60.8 Å². The number of carbonyl (C=O) groups excluding carboxylic acids is 2. The zero-order valence-corrected chi connectivity index (χ0v) is 26.1. The summed E-state index contributed by atoms with van der Waals surface area (Å²) in [6.07, 6.45) is 12.6. The Morgan fingerprint density at radius 1 is 1.00 bits per heavy atom. The lowest BCUT2D eigenvalue weighted by Gasteiger charge is -2.41. The third kappa shape index (κ3) is 4.74. The highest BCUT2D eigenvalue weighted by atomic mass is 35.5. The molecule has 0 bridgehead atoms. The summed E-state index contributed by atoms with van der Waals surface area (Å²) >= 11 is 6.66. The lowest BCUT2D eigenvalue weighted by Crippen LogP contribution is -2.52. The molecule has 2 aliphatic rings. The molecule has 5 aromatic rings. The molecule has 1 N–H and O–H groups in total. The number of benzene rings is 2. The summed E-state index contributed by atoms with van der Waals surface area (Å²) in [5.74, 6) is 1.15. The van der Waals surface area contributed by atoms with Crippen molar-refractivity contribution in [3.8, 4) is 11.4 Å². The maximum Gasteiger partial charge on any atom is 0.252 e. The number of fused-ring (bicyclic) bond motifs is 2. The highest BCUT2D eigenvalue weighted by Crippen LogP contribution is 2.45. The molecule has 0 saturated heterocycles. The van der Waals surface area contributed by atoms with Crippen LogP contribution < -0.4 is 5.32 Å². The Kier molecular flexibility index (Phi) is 7.16. The molecule has 3 aromatic heterocycles. The third-order valence-electron chi connectivity index (χ3n) is 9.63. The Morgan fingerprint density at radius 3 is 2.48 bits per heavy atom. The van der Waals surface area contributed by atoms with E-state index in [9.17, 15) is 9.59 Å². The van der Waals surface area contributed by atoms with Crippen LogP contribution >= 0.6 is 11.6 Å². The number of aromatic nitrogens is 4. The summed E-state index contributed by atoms with van der Waals surface area (Å²) < 4.78 is 4.24. The molecule has 1 amide bonds. The fraction of sp³-hybridized carbons (Fsp3) is 0.333. The van der Waals surface area contributed by atoms with Crippen molar-refractivity contribution in [3.63, 3.8) is 0 Å². The second-order valence-electron chi connectivity index (χ2n) is 12.4. The van der Waals surface area contributed by atoms with Crippen LogP contribution in [0.3, 0.4) is 0 Å². The minimum Gasteiger partial charge on any atom is -0.342 e. The monoisotopic (exact) mass is 605 g/mol. The first kappa shape index (κ1) is 28.5. The van der Waals surface area contributed by atoms with Gasteiger partial charge in [-0.2, -0.15) is 0 Å². The van der Waals surface area contributed by atoms with E-state index in [0.29, 0.717) is 22.0 Å². The van der Waals surface area contributed by atoms with E-state index < -0.39 is 5.54 Å². The Labute approximate surface area is 262 Å². The van der Waals surface area contributed by atoms with Crippen molar-refractivity contribution in [2.75, 3.05) is 0 Å². The van der Waals surface area contributed by atoms with Gasteiger partial charge in [0.05, 0.1) is 27.5 Å². The topological polar surface area (TPSA) is 81.8 Å². The number of hydrogen-bond acceptors (Lipinski definition) is 4. The van der Waals surface area contributed by atoms with Crippen LogP contribution in [0.1, 0.15) is 85.1 Å². The van der Waals surface area contributed by atoms with Gasteiger partial charge < -0.3 is 14.5 Å². The maximum absolute atomic E-state index is 14.0. The number of imidazole rings is 1. The van der Waals surface area contributed by atoms with E-state index in [1.54, 1.807) is 6.08 Å². The SMILES string of the molecule is CC(=O)/C=C/c1cc(Cl)c2nc(C3(NC(=O)c4ccc5c(C6CCCC6)c(-c6ccccn6)n(C)c5c4)CCC3)n(C)c2c1. The smallest absolute Gasteiger partial charge is 0.252 e. The van der Waals surface area contributed by atoms with Gasteiger partial charge in [0.2, 0.25) is 0 Å². The Hall–Kier alpha value is -4.23. The third-order valence-corrected chi connectivity index (χ3v) is 9.92. The molecule has 7 nitrogen and oxygen atoms in total. The lowest BCUT2D eigenvalue weighted by atomic mass is 9.75. The van der Waals surface area contributed by atoms with Crippen LogP contribution in [-0.2, 0) is 24.4 Å². The molecular formula is C36H36ClN5O2. The molecule has 2 aliphatic carbocycles. The molecule has 0 aliphatic heterocycles. The van der Waals surface area contributed by atoms with Crippen LogP contribution in [0.4, 0.5) is 0 Å². The van der Waals surface area contributed by atoms with E-state index in [4.69, 9.17) is 21.6 Å². The molecule has 0 unspecified atom stereocenters. The van der Waals surface area contributed by atoms with Crippen molar-refractivity contribution in [3.05, 3.63) is 88.3 Å². The predicted molar refractivity (Wildman–Crippen MR) is 176 cm³/mol. The fourth-order valence-corrected chi connectivity index (χ4v) is 7.54. The van der Waals surface area contributed by atoms with Gasteiger partial charge in [-0.25, -0.2) is 4.98 Å². The number of pyridine rings is 1. The number of nitrogens with zero attached hydrogens (tertiary/aromatic N) is 4. The molecule has 224 valence electrons. The van der Waals surface area contributed by atoms with E-state index in [1.807, 2.05) is 54.2 Å². The van der Waals surface area contributed by atoms with E-state index in [1.165, 1.54) is 49.6 Å². The molecule has 0 atom stereocenters. The number of hydrogen-bond donors (Lipinski definition) is 1. The predicted octanol–water partition coefficient (Wildman–Crippen LogP) is 7.85. The summed E-state index contributed by atoms with van der Waals surface area (Å²) in [6.45, 7) is 1.52. The van der Waals surface area contributed by atoms with Crippen molar-refractivity contribution in [2.45, 2.75) is 63.3 Å². The second kappa shape index (κ2) is 11.0. The van der Waals surface area contributed by atoms with Crippen LogP contribution in [0, 0.1) is 0 Å². The minimum absolute atomic E-state index is 0.0284. The first-order chi connectivity index (χ1) is 21.3. The maximum atomic E-state index is 14.0. The molecule has 7 rings (SSSR count). The highest BCUT2D eigenvalue weighted by Gasteiger charge is 2.44. The molecule has 2 fully saturated rings. The standard InChI is InChI=1S/C36H36ClN5O2/c1-22(43)12-13-23-19-27(37)32-30(20-23)42(3)35(39-32)36(16-8-17-36)40-34(44)25-14-15-26-29(21-25)41(2)33(28-11-6-7-18-38-28)31(26)24-9-4-5-10-24/h6-7,11-15,18-21,24H,4-5,8-10,16-17H2,1-3H3,(H,40,44)/b13-12+. The largest absolute Gasteiger partial charge is 0.342 e. The van der Waals surface area contributed by atoms with E-state index in [0.717, 1.165) is 53.1 Å². The van der Waals surface area contributed by atoms with Gasteiger partial charge in [-0.3, -0.25) is 14.6 Å². The molecule has 0 spiro atoms. The van der Waals surface area contributed by atoms with Gasteiger partial charge in [0.1, 0.15) is 11.3 Å². The minimum atomic E-state index is -0.582. The first-order valence-corrected chi connectivity index (χ1v) is 15.8. The summed E-state index contributed by atoms with van der Waals surface area (Å²) in [7, 11) is 4.05. The lowest BCUT2D eigenvalue weighted by molar-refractivity contribution is -0.112. The summed E-state index contributed by atoms with van der Waals surface area (Å²) in [5, 5.41) is 5.11. The number of rotatable bonds is 7. The first-order valence-electron chi connectivity index (χ1n) is 15.5. The number of amides is 1. The summed E-state index contributed by atoms with van der Waals surface area (Å²) in [5.41, 5.74) is 6.95. The molecule has 44 heavy (non-hydrogen) atoms. The fourth-order valence-electron chi connectivity index (χ4n) is 7.28. The van der Waals surface area contributed by atoms with Crippen LogP contribution in [0.25, 0.3) is 39.4 Å². The molecule has 0 radical (unpaired) electrons. The van der Waals surface area contributed by atoms with Gasteiger partial charge in [-0.1, -0.05) is 42.7 Å². The Morgan fingerprint density at radius 2 is 1.80 bits per heavy atom. The Balaban J connectivity index is 1.26. The van der Waals surface area contributed by atoms with E-state index in [-0.39, 0.29) is 11.7 Å². The number of nitrogens with one attached hydrogen (secondary N) is 1. The number of aryl methyl sites for hydroxylation is 2. The van der Waals surface area contributed by atoms with Crippen LogP contribution in [0.5, 0.6) is 0 Å². The summed E-state index contributed by atoms with van der Waals surface area (Å²) in [6, 6.07) is 16.0. The number of allylic oxidation sites excluding steroid dienone is 1. The van der Waals surface area contributed by atoms with Gasteiger partial charge in [-0.05, 0) is 98.5 Å². The van der Waals surface area contributed by atoms with Crippen molar-refractivity contribution in [1.82, 2.24) is 24.4 Å². The zero-order chi connectivity index (χ0) is 30.6. The highest BCUT2D eigenvalue weighted by molar-refractivity contribution is 6.35. The van der Waals surface area contributed by atoms with E-state index in [2.05, 4.69) is 29.1 Å². The van der Waals surface area contributed by atoms with E-state index >= 15 is 0 Å². The molecule has 3 heterocycles. The van der Waals surface area contributed by atoms with Crippen molar-refractivity contribution in [2.24, 2.45) is 14.1 Å². The number of halogens is 1. The quantitative estimate of drug-likeness (QED) is 0.192. The van der Waals surface area contributed by atoms with Gasteiger partial charge in [0, 0.05) is 36.8 Å². The number of ketones is 1. The summed E-state index contributed by atoms with van der Waals surface area (Å²) in [4.78, 5) is 35.1. The van der Waals surface area contributed by atoms with Gasteiger partial charge in [0.15, 0.2) is 5.78 Å². The van der Waals surface area contributed by atoms with Crippen molar-refractivity contribution >= 4 is 51.3 Å². The molecule has 8 heteroatoms. The van der Waals surface area contributed by atoms with Gasteiger partial charge in [-0.15, -0.1) is 0 Å². The average Bonchev–Trinajstić information content (AvgIpc) is 3.72. The van der Waals surface area contributed by atoms with Gasteiger partial charge >= 0.3 is 0 Å². The zero-order valence-electron chi connectivity index (χ0n) is 25.4. The normalized spacial score (nSPS) is 16.6. The molecular weight excluding hydrogens is 570 g/mol.